The van der Waals surface area contributed by atoms with Crippen LogP contribution in [0.15, 0.2) is 48.1 Å². The molecule has 3 rings (SSSR count). The Morgan fingerprint density at radius 3 is 2.80 bits per heavy atom. The molecule has 0 spiro atoms. The fraction of sp³-hybridized carbons (Fsp3) is 0.353. The molecule has 0 saturated carbocycles. The summed E-state index contributed by atoms with van der Waals surface area (Å²) >= 11 is 0. The van der Waals surface area contributed by atoms with Gasteiger partial charge in [0.05, 0.1) is 12.3 Å². The van der Waals surface area contributed by atoms with Gasteiger partial charge < -0.3 is 9.88 Å². The fourth-order valence-corrected chi connectivity index (χ4v) is 4.15. The van der Waals surface area contributed by atoms with Crippen LogP contribution in [0, 0.1) is 5.92 Å². The maximum absolute atomic E-state index is 12.0. The monoisotopic (exact) mass is 360 g/mol. The number of carbonyl (C=O) groups excluding carboxylic acids is 1. The molecule has 1 aromatic carbocycles. The van der Waals surface area contributed by atoms with Gasteiger partial charge in [-0.2, -0.15) is 0 Å². The van der Waals surface area contributed by atoms with E-state index in [1.165, 1.54) is 11.0 Å². The van der Waals surface area contributed by atoms with E-state index in [2.05, 4.69) is 27.6 Å². The molecular weight excluding hydrogens is 340 g/mol. The van der Waals surface area contributed by atoms with Gasteiger partial charge in [-0.25, -0.2) is 8.42 Å². The van der Waals surface area contributed by atoms with Crippen LogP contribution in [0.2, 0.25) is 0 Å². The molecule has 1 aliphatic heterocycles. The van der Waals surface area contributed by atoms with Crippen molar-refractivity contribution in [2.75, 3.05) is 5.75 Å². The zero-order chi connectivity index (χ0) is 17.7. The Labute approximate surface area is 146 Å². The molecule has 132 valence electrons. The summed E-state index contributed by atoms with van der Waals surface area (Å²) in [7, 11) is -3.13. The molecule has 7 nitrogen and oxygen atoms in total. The standard InChI is InChI=1S/C17H20N4O3S/c22-17(10-15-7-9-25(23,24)12-15)18-11-16-20-19-13-21(16)8-6-14-4-2-1-3-5-14/h1-5,7,9,13,15H,6,8,10-12H2,(H,18,22). The summed E-state index contributed by atoms with van der Waals surface area (Å²) in [6.45, 7) is 1.00. The first-order valence-corrected chi connectivity index (χ1v) is 9.82. The number of sulfone groups is 1. The number of aryl methyl sites for hydroxylation is 2. The van der Waals surface area contributed by atoms with Crippen LogP contribution < -0.4 is 5.32 Å². The van der Waals surface area contributed by atoms with Crippen LogP contribution in [0.4, 0.5) is 0 Å². The minimum atomic E-state index is -3.13. The predicted molar refractivity (Wildman–Crippen MR) is 93.0 cm³/mol. The van der Waals surface area contributed by atoms with E-state index in [4.69, 9.17) is 0 Å². The summed E-state index contributed by atoms with van der Waals surface area (Å²) in [4.78, 5) is 12.0. The van der Waals surface area contributed by atoms with Crippen LogP contribution >= 0.6 is 0 Å². The van der Waals surface area contributed by atoms with Crippen LogP contribution in [-0.2, 0) is 34.1 Å². The zero-order valence-corrected chi connectivity index (χ0v) is 14.5. The summed E-state index contributed by atoms with van der Waals surface area (Å²) in [5, 5.41) is 11.9. The predicted octanol–water partition coefficient (Wildman–Crippen LogP) is 1.09. The van der Waals surface area contributed by atoms with Crippen LogP contribution in [0.1, 0.15) is 17.8 Å². The lowest BCUT2D eigenvalue weighted by Gasteiger charge is -2.09. The Hall–Kier alpha value is -2.48. The van der Waals surface area contributed by atoms with Crippen molar-refractivity contribution in [2.24, 2.45) is 5.92 Å². The van der Waals surface area contributed by atoms with Crippen molar-refractivity contribution in [2.45, 2.75) is 25.9 Å². The second-order valence-electron chi connectivity index (χ2n) is 6.08. The smallest absolute Gasteiger partial charge is 0.220 e. The third-order valence-corrected chi connectivity index (χ3v) is 5.54. The van der Waals surface area contributed by atoms with Gasteiger partial charge >= 0.3 is 0 Å². The van der Waals surface area contributed by atoms with Crippen molar-refractivity contribution in [3.05, 3.63) is 59.5 Å². The van der Waals surface area contributed by atoms with Crippen LogP contribution in [0.5, 0.6) is 0 Å². The Kier molecular flexibility index (Phi) is 5.28. The molecule has 0 saturated heterocycles. The van der Waals surface area contributed by atoms with E-state index in [-0.39, 0.29) is 30.5 Å². The Morgan fingerprint density at radius 1 is 1.28 bits per heavy atom. The van der Waals surface area contributed by atoms with E-state index >= 15 is 0 Å². The van der Waals surface area contributed by atoms with Crippen molar-refractivity contribution in [3.63, 3.8) is 0 Å². The molecule has 8 heteroatoms. The van der Waals surface area contributed by atoms with Crippen LogP contribution in [-0.4, -0.2) is 34.8 Å². The number of aromatic nitrogens is 3. The number of amides is 1. The zero-order valence-electron chi connectivity index (χ0n) is 13.7. The van der Waals surface area contributed by atoms with Gasteiger partial charge in [-0.15, -0.1) is 10.2 Å². The van der Waals surface area contributed by atoms with Crippen molar-refractivity contribution in [3.8, 4) is 0 Å². The summed E-state index contributed by atoms with van der Waals surface area (Å²) < 4.78 is 24.6. The molecule has 1 atom stereocenters. The first-order chi connectivity index (χ1) is 12.0. The van der Waals surface area contributed by atoms with Gasteiger partial charge in [0.1, 0.15) is 6.33 Å². The normalized spacial score (nSPS) is 18.3. The SMILES string of the molecule is O=C(CC1C=CS(=O)(=O)C1)NCc1nncn1CCc1ccccc1. The van der Waals surface area contributed by atoms with E-state index in [9.17, 15) is 13.2 Å². The third kappa shape index (κ3) is 4.99. The number of nitrogens with one attached hydrogen (secondary N) is 1. The first-order valence-electron chi connectivity index (χ1n) is 8.10. The highest BCUT2D eigenvalue weighted by Gasteiger charge is 2.23. The fourth-order valence-electron chi connectivity index (χ4n) is 2.75. The molecular formula is C17H20N4O3S. The maximum Gasteiger partial charge on any atom is 0.220 e. The Morgan fingerprint density at radius 2 is 2.08 bits per heavy atom. The van der Waals surface area contributed by atoms with E-state index in [0.717, 1.165) is 13.0 Å². The van der Waals surface area contributed by atoms with Crippen LogP contribution in [0.25, 0.3) is 0 Å². The summed E-state index contributed by atoms with van der Waals surface area (Å²) in [6.07, 6.45) is 4.24. The van der Waals surface area contributed by atoms with Crippen molar-refractivity contribution < 1.29 is 13.2 Å². The quantitative estimate of drug-likeness (QED) is 0.797. The molecule has 2 heterocycles. The highest BCUT2D eigenvalue weighted by Crippen LogP contribution is 2.18. The van der Waals surface area contributed by atoms with Crippen molar-refractivity contribution in [1.82, 2.24) is 20.1 Å². The molecule has 25 heavy (non-hydrogen) atoms. The van der Waals surface area contributed by atoms with Gasteiger partial charge in [0.15, 0.2) is 15.7 Å². The maximum atomic E-state index is 12.0. The highest BCUT2D eigenvalue weighted by molar-refractivity contribution is 7.94. The third-order valence-electron chi connectivity index (χ3n) is 4.08. The van der Waals surface area contributed by atoms with Crippen molar-refractivity contribution in [1.29, 1.82) is 0 Å². The van der Waals surface area contributed by atoms with Gasteiger partial charge in [0.25, 0.3) is 0 Å². The molecule has 0 aliphatic carbocycles. The van der Waals surface area contributed by atoms with Gasteiger partial charge in [0.2, 0.25) is 5.91 Å². The molecule has 1 N–H and O–H groups in total. The van der Waals surface area contributed by atoms with Gasteiger partial charge in [-0.1, -0.05) is 36.4 Å². The van der Waals surface area contributed by atoms with Crippen molar-refractivity contribution >= 4 is 15.7 Å². The minimum Gasteiger partial charge on any atom is -0.349 e. The lowest BCUT2D eigenvalue weighted by atomic mass is 10.1. The lowest BCUT2D eigenvalue weighted by Crippen LogP contribution is -2.27. The Bertz CT molecular complexity index is 859. The number of allylic oxidation sites excluding steroid dienone is 1. The molecule has 1 amide bonds. The number of benzene rings is 1. The number of nitrogens with zero attached hydrogens (tertiary/aromatic N) is 3. The van der Waals surface area contributed by atoms with E-state index in [1.807, 2.05) is 22.8 Å². The molecule has 0 fully saturated rings. The minimum absolute atomic E-state index is 0.00762. The lowest BCUT2D eigenvalue weighted by molar-refractivity contribution is -0.121. The van der Waals surface area contributed by atoms with E-state index in [0.29, 0.717) is 5.82 Å². The number of carbonyl (C=O) groups is 1. The molecule has 1 unspecified atom stereocenters. The number of rotatable bonds is 7. The second-order valence-corrected chi connectivity index (χ2v) is 8.01. The topological polar surface area (TPSA) is 93.9 Å². The largest absolute Gasteiger partial charge is 0.349 e. The average molecular weight is 360 g/mol. The van der Waals surface area contributed by atoms with Gasteiger partial charge in [0, 0.05) is 24.3 Å². The molecule has 2 aromatic rings. The Balaban J connectivity index is 1.48. The van der Waals surface area contributed by atoms with E-state index in [1.54, 1.807) is 12.4 Å². The highest BCUT2D eigenvalue weighted by atomic mass is 32.2. The summed E-state index contributed by atoms with van der Waals surface area (Å²) in [6, 6.07) is 10.1. The molecule has 1 aromatic heterocycles. The van der Waals surface area contributed by atoms with E-state index < -0.39 is 9.84 Å². The number of hydrogen-bond donors (Lipinski definition) is 1. The molecule has 1 aliphatic rings. The molecule has 0 bridgehead atoms. The molecule has 0 radical (unpaired) electrons. The first kappa shape index (κ1) is 17.3. The van der Waals surface area contributed by atoms with Crippen LogP contribution in [0.3, 0.4) is 0 Å². The second kappa shape index (κ2) is 7.60. The average Bonchev–Trinajstić information content (AvgIpc) is 3.17. The number of hydrogen-bond acceptors (Lipinski definition) is 5. The summed E-state index contributed by atoms with van der Waals surface area (Å²) in [5.74, 6) is 0.248. The van der Waals surface area contributed by atoms with Gasteiger partial charge in [-0.3, -0.25) is 4.79 Å². The van der Waals surface area contributed by atoms with Gasteiger partial charge in [-0.05, 0) is 12.0 Å². The summed E-state index contributed by atoms with van der Waals surface area (Å²) in [5.41, 5.74) is 1.22.